The first-order chi connectivity index (χ1) is 13.9. The Hall–Kier alpha value is -3.68. The molecule has 0 radical (unpaired) electrons. The SMILES string of the molecule is COc1ccc(COC(=O)C2=C(C)NC(=O)NC2c2ccc(OC)c(O)c2)cc1. The lowest BCUT2D eigenvalue weighted by Gasteiger charge is -2.28. The first kappa shape index (κ1) is 20.1. The van der Waals surface area contributed by atoms with Crippen LogP contribution in [0.2, 0.25) is 0 Å². The summed E-state index contributed by atoms with van der Waals surface area (Å²) in [7, 11) is 3.01. The van der Waals surface area contributed by atoms with Crippen molar-refractivity contribution in [2.24, 2.45) is 0 Å². The number of carbonyl (C=O) groups is 2. The van der Waals surface area contributed by atoms with Gasteiger partial charge in [0.05, 0.1) is 25.8 Å². The van der Waals surface area contributed by atoms with Crippen molar-refractivity contribution in [2.75, 3.05) is 14.2 Å². The smallest absolute Gasteiger partial charge is 0.338 e. The van der Waals surface area contributed by atoms with Gasteiger partial charge in [0.1, 0.15) is 12.4 Å². The molecule has 1 aliphatic heterocycles. The summed E-state index contributed by atoms with van der Waals surface area (Å²) in [5, 5.41) is 15.4. The molecule has 2 amide bonds. The molecule has 1 heterocycles. The molecule has 3 N–H and O–H groups in total. The fraction of sp³-hybridized carbons (Fsp3) is 0.238. The monoisotopic (exact) mass is 398 g/mol. The van der Waals surface area contributed by atoms with Crippen LogP contribution < -0.4 is 20.1 Å². The van der Waals surface area contributed by atoms with Gasteiger partial charge in [-0.25, -0.2) is 9.59 Å². The number of benzene rings is 2. The Morgan fingerprint density at radius 1 is 1.10 bits per heavy atom. The third-order valence-electron chi connectivity index (χ3n) is 4.55. The Labute approximate surface area is 168 Å². The van der Waals surface area contributed by atoms with Gasteiger partial charge in [-0.15, -0.1) is 0 Å². The number of aromatic hydroxyl groups is 1. The van der Waals surface area contributed by atoms with Crippen LogP contribution in [0.25, 0.3) is 0 Å². The van der Waals surface area contributed by atoms with E-state index in [0.29, 0.717) is 22.8 Å². The molecule has 8 heteroatoms. The Morgan fingerprint density at radius 2 is 1.83 bits per heavy atom. The summed E-state index contributed by atoms with van der Waals surface area (Å²) in [6.45, 7) is 1.69. The van der Waals surface area contributed by atoms with E-state index in [9.17, 15) is 14.7 Å². The van der Waals surface area contributed by atoms with Crippen molar-refractivity contribution in [1.82, 2.24) is 10.6 Å². The van der Waals surface area contributed by atoms with Crippen LogP contribution in [0, 0.1) is 0 Å². The summed E-state index contributed by atoms with van der Waals surface area (Å²) in [5.74, 6) is 0.322. The predicted octanol–water partition coefficient (Wildman–Crippen LogP) is 2.78. The molecule has 0 saturated carbocycles. The van der Waals surface area contributed by atoms with E-state index in [0.717, 1.165) is 5.56 Å². The van der Waals surface area contributed by atoms with Gasteiger partial charge in [0.15, 0.2) is 11.5 Å². The van der Waals surface area contributed by atoms with Crippen molar-refractivity contribution in [3.8, 4) is 17.2 Å². The van der Waals surface area contributed by atoms with Gasteiger partial charge in [0.2, 0.25) is 0 Å². The van der Waals surface area contributed by atoms with Crippen LogP contribution in [0.3, 0.4) is 0 Å². The van der Waals surface area contributed by atoms with Crippen LogP contribution in [-0.2, 0) is 16.1 Å². The summed E-state index contributed by atoms with van der Waals surface area (Å²) in [6.07, 6.45) is 0. The Balaban J connectivity index is 1.82. The first-order valence-corrected chi connectivity index (χ1v) is 8.88. The molecule has 0 saturated heterocycles. The number of allylic oxidation sites excluding steroid dienone is 1. The molecule has 29 heavy (non-hydrogen) atoms. The van der Waals surface area contributed by atoms with E-state index in [1.807, 2.05) is 0 Å². The highest BCUT2D eigenvalue weighted by Gasteiger charge is 2.32. The number of esters is 1. The molecule has 1 atom stereocenters. The number of ether oxygens (including phenoxy) is 3. The van der Waals surface area contributed by atoms with Gasteiger partial charge in [0, 0.05) is 5.70 Å². The first-order valence-electron chi connectivity index (χ1n) is 8.88. The molecule has 1 aliphatic rings. The average Bonchev–Trinajstić information content (AvgIpc) is 2.71. The minimum Gasteiger partial charge on any atom is -0.504 e. The average molecular weight is 398 g/mol. The summed E-state index contributed by atoms with van der Waals surface area (Å²) in [4.78, 5) is 24.8. The van der Waals surface area contributed by atoms with Gasteiger partial charge < -0.3 is 30.0 Å². The second-order valence-electron chi connectivity index (χ2n) is 6.43. The molecule has 0 fully saturated rings. The maximum absolute atomic E-state index is 12.8. The maximum atomic E-state index is 12.8. The predicted molar refractivity (Wildman–Crippen MR) is 105 cm³/mol. The van der Waals surface area contributed by atoms with Crippen LogP contribution in [0.4, 0.5) is 4.79 Å². The van der Waals surface area contributed by atoms with Gasteiger partial charge in [-0.2, -0.15) is 0 Å². The zero-order valence-electron chi connectivity index (χ0n) is 16.3. The molecule has 2 aromatic rings. The number of rotatable bonds is 6. The summed E-state index contributed by atoms with van der Waals surface area (Å²) < 4.78 is 15.6. The summed E-state index contributed by atoms with van der Waals surface area (Å²) >= 11 is 0. The number of methoxy groups -OCH3 is 2. The Bertz CT molecular complexity index is 952. The second-order valence-corrected chi connectivity index (χ2v) is 6.43. The van der Waals surface area contributed by atoms with Crippen molar-refractivity contribution in [3.63, 3.8) is 0 Å². The van der Waals surface area contributed by atoms with E-state index in [2.05, 4.69) is 10.6 Å². The van der Waals surface area contributed by atoms with Gasteiger partial charge >= 0.3 is 12.0 Å². The van der Waals surface area contributed by atoms with Crippen molar-refractivity contribution in [2.45, 2.75) is 19.6 Å². The molecule has 0 spiro atoms. The highest BCUT2D eigenvalue weighted by molar-refractivity contribution is 5.95. The quantitative estimate of drug-likeness (QED) is 0.646. The van der Waals surface area contributed by atoms with E-state index in [1.54, 1.807) is 50.4 Å². The summed E-state index contributed by atoms with van der Waals surface area (Å²) in [5.41, 5.74) is 1.95. The minimum absolute atomic E-state index is 0.0636. The number of phenolic OH excluding ortho intramolecular Hbond substituents is 1. The Kier molecular flexibility index (Phi) is 5.92. The number of amides is 2. The lowest BCUT2D eigenvalue weighted by molar-refractivity contribution is -0.140. The molecule has 0 aromatic heterocycles. The summed E-state index contributed by atoms with van der Waals surface area (Å²) in [6, 6.07) is 10.6. The highest BCUT2D eigenvalue weighted by atomic mass is 16.5. The molecule has 3 rings (SSSR count). The zero-order chi connectivity index (χ0) is 21.0. The standard InChI is InChI=1S/C21H22N2O6/c1-12-18(20(25)29-11-13-4-7-15(27-2)8-5-13)19(23-21(26)22-12)14-6-9-17(28-3)16(24)10-14/h4-10,19,24H,11H2,1-3H3,(H2,22,23,26). The zero-order valence-corrected chi connectivity index (χ0v) is 16.3. The maximum Gasteiger partial charge on any atom is 0.338 e. The molecule has 0 aliphatic carbocycles. The van der Waals surface area contributed by atoms with Gasteiger partial charge in [-0.05, 0) is 42.3 Å². The van der Waals surface area contributed by atoms with Crippen LogP contribution in [-0.4, -0.2) is 31.3 Å². The van der Waals surface area contributed by atoms with Gasteiger partial charge in [-0.1, -0.05) is 18.2 Å². The number of nitrogens with one attached hydrogen (secondary N) is 2. The third-order valence-corrected chi connectivity index (χ3v) is 4.55. The van der Waals surface area contributed by atoms with Crippen molar-refractivity contribution < 1.29 is 28.9 Å². The van der Waals surface area contributed by atoms with Gasteiger partial charge in [-0.3, -0.25) is 0 Å². The molecular weight excluding hydrogens is 376 g/mol. The van der Waals surface area contributed by atoms with Gasteiger partial charge in [0.25, 0.3) is 0 Å². The van der Waals surface area contributed by atoms with E-state index >= 15 is 0 Å². The molecule has 152 valence electrons. The largest absolute Gasteiger partial charge is 0.504 e. The lowest BCUT2D eigenvalue weighted by Crippen LogP contribution is -2.45. The minimum atomic E-state index is -0.774. The number of hydrogen-bond donors (Lipinski definition) is 3. The van der Waals surface area contributed by atoms with Crippen molar-refractivity contribution in [3.05, 3.63) is 64.9 Å². The van der Waals surface area contributed by atoms with Crippen LogP contribution >= 0.6 is 0 Å². The van der Waals surface area contributed by atoms with E-state index in [-0.39, 0.29) is 17.9 Å². The van der Waals surface area contributed by atoms with Crippen molar-refractivity contribution >= 4 is 12.0 Å². The van der Waals surface area contributed by atoms with Crippen LogP contribution in [0.5, 0.6) is 17.2 Å². The van der Waals surface area contributed by atoms with Crippen LogP contribution in [0.1, 0.15) is 24.1 Å². The third kappa shape index (κ3) is 4.43. The molecule has 1 unspecified atom stereocenters. The number of urea groups is 1. The Morgan fingerprint density at radius 3 is 2.45 bits per heavy atom. The fourth-order valence-electron chi connectivity index (χ4n) is 3.05. The second kappa shape index (κ2) is 8.55. The highest BCUT2D eigenvalue weighted by Crippen LogP contribution is 2.33. The molecule has 8 nitrogen and oxygen atoms in total. The normalized spacial score (nSPS) is 16.0. The van der Waals surface area contributed by atoms with E-state index in [1.165, 1.54) is 13.2 Å². The topological polar surface area (TPSA) is 106 Å². The molecular formula is C21H22N2O6. The van der Waals surface area contributed by atoms with E-state index < -0.39 is 18.0 Å². The van der Waals surface area contributed by atoms with Crippen LogP contribution in [0.15, 0.2) is 53.7 Å². The number of phenols is 1. The van der Waals surface area contributed by atoms with E-state index in [4.69, 9.17) is 14.2 Å². The number of hydrogen-bond acceptors (Lipinski definition) is 6. The fourth-order valence-corrected chi connectivity index (χ4v) is 3.05. The molecule has 0 bridgehead atoms. The lowest BCUT2D eigenvalue weighted by atomic mass is 9.95. The molecule has 2 aromatic carbocycles. The number of carbonyl (C=O) groups excluding carboxylic acids is 2. The van der Waals surface area contributed by atoms with Crippen molar-refractivity contribution in [1.29, 1.82) is 0 Å².